The van der Waals surface area contributed by atoms with E-state index in [2.05, 4.69) is 12.0 Å². The van der Waals surface area contributed by atoms with Gasteiger partial charge in [0.25, 0.3) is 0 Å². The molecule has 110 valence electrons. The molecule has 0 aliphatic carbocycles. The lowest BCUT2D eigenvalue weighted by Gasteiger charge is -2.06. The Morgan fingerprint density at radius 3 is 2.58 bits per heavy atom. The molecule has 0 N–H and O–H groups in total. The molecule has 0 spiro atoms. The van der Waals surface area contributed by atoms with E-state index in [1.807, 2.05) is 17.1 Å². The second-order valence-corrected chi connectivity index (χ2v) is 4.66. The molecule has 1 heterocycles. The zero-order valence-electron chi connectivity index (χ0n) is 11.7. The van der Waals surface area contributed by atoms with Crippen LogP contribution < -0.4 is 0 Å². The molecule has 0 saturated carbocycles. The monoisotopic (exact) mass is 290 g/mol. The number of hydrogen-bond donors (Lipinski definition) is 0. The highest BCUT2D eigenvalue weighted by Gasteiger charge is 2.07. The van der Waals surface area contributed by atoms with Crippen LogP contribution in [0.3, 0.4) is 0 Å². The number of nitrogens with zero attached hydrogens (tertiary/aromatic N) is 2. The average Bonchev–Trinajstić information content (AvgIpc) is 2.89. The van der Waals surface area contributed by atoms with Crippen molar-refractivity contribution >= 4 is 11.6 Å². The molecule has 1 aromatic rings. The van der Waals surface area contributed by atoms with Crippen LogP contribution >= 0.6 is 11.6 Å². The van der Waals surface area contributed by atoms with Gasteiger partial charge in [0.05, 0.1) is 51.2 Å². The maximum atomic E-state index is 6.14. The Balaban J connectivity index is 2.04. The largest absolute Gasteiger partial charge is 0.382 e. The first-order valence-corrected chi connectivity index (χ1v) is 7.02. The van der Waals surface area contributed by atoms with E-state index >= 15 is 0 Å². The highest BCUT2D eigenvalue weighted by atomic mass is 35.5. The van der Waals surface area contributed by atoms with E-state index in [4.69, 9.17) is 25.8 Å². The first kappa shape index (κ1) is 16.4. The molecule has 5 nitrogen and oxygen atoms in total. The Labute approximate surface area is 119 Å². The molecule has 1 aromatic heterocycles. The van der Waals surface area contributed by atoms with Crippen LogP contribution in [0.4, 0.5) is 0 Å². The number of rotatable bonds is 11. The summed E-state index contributed by atoms with van der Waals surface area (Å²) in [5, 5.41) is 4.29. The molecular formula is C13H23ClN2O3. The summed E-state index contributed by atoms with van der Waals surface area (Å²) in [7, 11) is 1.65. The van der Waals surface area contributed by atoms with Crippen LogP contribution in [0.2, 0.25) is 0 Å². The van der Waals surface area contributed by atoms with Crippen molar-refractivity contribution < 1.29 is 14.2 Å². The lowest BCUT2D eigenvalue weighted by molar-refractivity contribution is 0.0225. The summed E-state index contributed by atoms with van der Waals surface area (Å²) in [5.74, 6) is 0. The number of aromatic nitrogens is 2. The highest BCUT2D eigenvalue weighted by Crippen LogP contribution is 2.22. The van der Waals surface area contributed by atoms with E-state index in [0.717, 1.165) is 18.5 Å². The third kappa shape index (κ3) is 6.92. The number of methoxy groups -OCH3 is 1. The summed E-state index contributed by atoms with van der Waals surface area (Å²) in [5.41, 5.74) is 1.06. The molecule has 19 heavy (non-hydrogen) atoms. The lowest BCUT2D eigenvalue weighted by Crippen LogP contribution is -2.11. The minimum atomic E-state index is 0.0452. The van der Waals surface area contributed by atoms with Crippen LogP contribution in [0, 0.1) is 0 Å². The molecular weight excluding hydrogens is 268 g/mol. The van der Waals surface area contributed by atoms with Gasteiger partial charge in [-0.05, 0) is 6.42 Å². The van der Waals surface area contributed by atoms with Gasteiger partial charge in [-0.3, -0.25) is 4.68 Å². The quantitative estimate of drug-likeness (QED) is 0.463. The van der Waals surface area contributed by atoms with E-state index in [0.29, 0.717) is 33.0 Å². The molecule has 1 rings (SSSR count). The molecule has 0 radical (unpaired) electrons. The summed E-state index contributed by atoms with van der Waals surface area (Å²) >= 11 is 6.14. The van der Waals surface area contributed by atoms with Gasteiger partial charge in [-0.25, -0.2) is 0 Å². The van der Waals surface area contributed by atoms with Crippen molar-refractivity contribution in [3.05, 3.63) is 18.0 Å². The number of halogens is 1. The molecule has 1 atom stereocenters. The normalized spacial score (nSPS) is 12.8. The van der Waals surface area contributed by atoms with Gasteiger partial charge in [0.2, 0.25) is 0 Å². The Kier molecular flexibility index (Phi) is 8.82. The fourth-order valence-corrected chi connectivity index (χ4v) is 1.63. The molecule has 0 aliphatic rings. The number of alkyl halides is 1. The summed E-state index contributed by atoms with van der Waals surface area (Å²) in [4.78, 5) is 0. The average molecular weight is 291 g/mol. The summed E-state index contributed by atoms with van der Waals surface area (Å²) in [6, 6.07) is 0. The highest BCUT2D eigenvalue weighted by molar-refractivity contribution is 6.20. The van der Waals surface area contributed by atoms with Gasteiger partial charge in [0, 0.05) is 18.9 Å². The van der Waals surface area contributed by atoms with Gasteiger partial charge in [-0.2, -0.15) is 5.10 Å². The summed E-state index contributed by atoms with van der Waals surface area (Å²) < 4.78 is 17.5. The van der Waals surface area contributed by atoms with Crippen LogP contribution in [0.1, 0.15) is 24.3 Å². The van der Waals surface area contributed by atoms with Crippen LogP contribution in [0.5, 0.6) is 0 Å². The second-order valence-electron chi connectivity index (χ2n) is 4.13. The minimum Gasteiger partial charge on any atom is -0.382 e. The maximum Gasteiger partial charge on any atom is 0.0701 e. The Morgan fingerprint density at radius 1 is 1.21 bits per heavy atom. The molecule has 0 aromatic carbocycles. The van der Waals surface area contributed by atoms with Gasteiger partial charge in [-0.15, -0.1) is 11.6 Å². The van der Waals surface area contributed by atoms with Crippen molar-refractivity contribution in [2.45, 2.75) is 25.3 Å². The van der Waals surface area contributed by atoms with Crippen molar-refractivity contribution in [2.75, 3.05) is 40.1 Å². The Morgan fingerprint density at radius 2 is 1.89 bits per heavy atom. The zero-order valence-corrected chi connectivity index (χ0v) is 12.4. The van der Waals surface area contributed by atoms with E-state index in [9.17, 15) is 0 Å². The smallest absolute Gasteiger partial charge is 0.0701 e. The predicted octanol–water partition coefficient (Wildman–Crippen LogP) is 2.25. The summed E-state index contributed by atoms with van der Waals surface area (Å²) in [6.45, 7) is 5.81. The van der Waals surface area contributed by atoms with E-state index in [-0.39, 0.29) is 5.38 Å². The van der Waals surface area contributed by atoms with Gasteiger partial charge >= 0.3 is 0 Å². The predicted molar refractivity (Wildman–Crippen MR) is 74.6 cm³/mol. The van der Waals surface area contributed by atoms with E-state index < -0.39 is 0 Å². The molecule has 0 bridgehead atoms. The van der Waals surface area contributed by atoms with Crippen LogP contribution in [0.15, 0.2) is 12.4 Å². The SMILES string of the molecule is CCC(Cl)c1cnn(CCOCCOCCOC)c1. The Bertz CT molecular complexity index is 333. The minimum absolute atomic E-state index is 0.0452. The van der Waals surface area contributed by atoms with Gasteiger partial charge in [0.15, 0.2) is 0 Å². The van der Waals surface area contributed by atoms with E-state index in [1.165, 1.54) is 0 Å². The van der Waals surface area contributed by atoms with Crippen LogP contribution in [-0.4, -0.2) is 49.9 Å². The third-order valence-corrected chi connectivity index (χ3v) is 3.20. The van der Waals surface area contributed by atoms with Crippen molar-refractivity contribution in [1.29, 1.82) is 0 Å². The topological polar surface area (TPSA) is 45.5 Å². The number of hydrogen-bond acceptors (Lipinski definition) is 4. The lowest BCUT2D eigenvalue weighted by atomic mass is 10.2. The van der Waals surface area contributed by atoms with E-state index in [1.54, 1.807) is 7.11 Å². The fraction of sp³-hybridized carbons (Fsp3) is 0.769. The maximum absolute atomic E-state index is 6.14. The molecule has 0 amide bonds. The Hall–Kier alpha value is -0.620. The third-order valence-electron chi connectivity index (χ3n) is 2.64. The fourth-order valence-electron chi connectivity index (χ4n) is 1.52. The van der Waals surface area contributed by atoms with Crippen LogP contribution in [0.25, 0.3) is 0 Å². The van der Waals surface area contributed by atoms with Crippen molar-refractivity contribution in [1.82, 2.24) is 9.78 Å². The van der Waals surface area contributed by atoms with Crippen LogP contribution in [-0.2, 0) is 20.8 Å². The van der Waals surface area contributed by atoms with Gasteiger partial charge in [-0.1, -0.05) is 6.92 Å². The molecule has 1 unspecified atom stereocenters. The summed E-state index contributed by atoms with van der Waals surface area (Å²) in [6.07, 6.45) is 4.69. The number of ether oxygens (including phenoxy) is 3. The van der Waals surface area contributed by atoms with Gasteiger partial charge < -0.3 is 14.2 Å². The molecule has 6 heteroatoms. The molecule has 0 saturated heterocycles. The van der Waals surface area contributed by atoms with Gasteiger partial charge in [0.1, 0.15) is 0 Å². The standard InChI is InChI=1S/C13H23ClN2O3/c1-3-13(14)12-10-15-16(11-12)4-5-18-8-9-19-7-6-17-2/h10-11,13H,3-9H2,1-2H3. The second kappa shape index (κ2) is 10.2. The molecule has 0 fully saturated rings. The van der Waals surface area contributed by atoms with Crippen molar-refractivity contribution in [3.63, 3.8) is 0 Å². The van der Waals surface area contributed by atoms with Crippen molar-refractivity contribution in [2.24, 2.45) is 0 Å². The first-order valence-electron chi connectivity index (χ1n) is 6.58. The zero-order chi connectivity index (χ0) is 13.9. The molecule has 0 aliphatic heterocycles. The first-order chi connectivity index (χ1) is 9.27. The van der Waals surface area contributed by atoms with Crippen molar-refractivity contribution in [3.8, 4) is 0 Å².